The molecule has 2 heterocycles. The van der Waals surface area contributed by atoms with Crippen LogP contribution in [-0.2, 0) is 16.6 Å². The predicted molar refractivity (Wildman–Crippen MR) is 114 cm³/mol. The molecule has 0 unspecified atom stereocenters. The Balaban J connectivity index is 1.49. The van der Waals surface area contributed by atoms with E-state index in [1.54, 1.807) is 29.1 Å². The molecular formula is C21H20ClFN4O3S. The van der Waals surface area contributed by atoms with Gasteiger partial charge in [-0.1, -0.05) is 17.7 Å². The maximum absolute atomic E-state index is 14.4. The molecular weight excluding hydrogens is 443 g/mol. The number of benzene rings is 2. The summed E-state index contributed by atoms with van der Waals surface area (Å²) in [7, 11) is -3.67. The average molecular weight is 463 g/mol. The molecule has 1 fully saturated rings. The van der Waals surface area contributed by atoms with Gasteiger partial charge in [0.05, 0.1) is 27.5 Å². The summed E-state index contributed by atoms with van der Waals surface area (Å²) in [6, 6.07) is 8.69. The summed E-state index contributed by atoms with van der Waals surface area (Å²) in [5.41, 5.74) is 0.944. The number of carbonyl (C=O) groups excluding carboxylic acids is 1. The van der Waals surface area contributed by atoms with Crippen molar-refractivity contribution in [3.8, 4) is 5.69 Å². The first-order valence-electron chi connectivity index (χ1n) is 9.71. The molecule has 0 bridgehead atoms. The van der Waals surface area contributed by atoms with E-state index < -0.39 is 21.7 Å². The standard InChI is InChI=1S/C21H20ClFN4O3S/c22-18-5-4-16(31(29,30)27-8-1-2-9-27)12-17(18)21(28)25-13-15-3-6-20(19(23)11-15)26-10-7-24-14-26/h3-7,10-12,14H,1-2,8-9,13H2,(H,25,28). The van der Waals surface area contributed by atoms with Crippen LogP contribution in [0.3, 0.4) is 0 Å². The minimum atomic E-state index is -3.67. The molecule has 3 aromatic rings. The van der Waals surface area contributed by atoms with Gasteiger partial charge in [0.25, 0.3) is 5.91 Å². The fourth-order valence-corrected chi connectivity index (χ4v) is 5.21. The second kappa shape index (κ2) is 8.78. The molecule has 0 atom stereocenters. The van der Waals surface area contributed by atoms with Crippen molar-refractivity contribution in [2.45, 2.75) is 24.3 Å². The van der Waals surface area contributed by atoms with E-state index in [2.05, 4.69) is 10.3 Å². The fourth-order valence-electron chi connectivity index (χ4n) is 3.47. The van der Waals surface area contributed by atoms with Gasteiger partial charge in [-0.25, -0.2) is 17.8 Å². The van der Waals surface area contributed by atoms with Crippen molar-refractivity contribution in [2.75, 3.05) is 13.1 Å². The Bertz CT molecular complexity index is 1210. The maximum Gasteiger partial charge on any atom is 0.253 e. The monoisotopic (exact) mass is 462 g/mol. The number of nitrogens with one attached hydrogen (secondary N) is 1. The van der Waals surface area contributed by atoms with Crippen molar-refractivity contribution in [1.29, 1.82) is 0 Å². The van der Waals surface area contributed by atoms with Crippen LogP contribution in [0.4, 0.5) is 4.39 Å². The largest absolute Gasteiger partial charge is 0.348 e. The van der Waals surface area contributed by atoms with Gasteiger partial charge in [-0.3, -0.25) is 4.79 Å². The highest BCUT2D eigenvalue weighted by atomic mass is 35.5. The Morgan fingerprint density at radius 3 is 2.61 bits per heavy atom. The van der Waals surface area contributed by atoms with Gasteiger partial charge in [-0.05, 0) is 48.7 Å². The summed E-state index contributed by atoms with van der Waals surface area (Å²) >= 11 is 6.15. The zero-order valence-corrected chi connectivity index (χ0v) is 18.0. The van der Waals surface area contributed by atoms with Crippen LogP contribution < -0.4 is 5.32 Å². The molecule has 10 heteroatoms. The van der Waals surface area contributed by atoms with Crippen molar-refractivity contribution in [2.24, 2.45) is 0 Å². The zero-order chi connectivity index (χ0) is 22.0. The number of carbonyl (C=O) groups is 1. The van der Waals surface area contributed by atoms with Crippen LogP contribution in [0.2, 0.25) is 5.02 Å². The van der Waals surface area contributed by atoms with E-state index in [1.165, 1.54) is 34.9 Å². The molecule has 4 rings (SSSR count). The van der Waals surface area contributed by atoms with Crippen LogP contribution in [0.15, 0.2) is 60.0 Å². The van der Waals surface area contributed by atoms with E-state index >= 15 is 0 Å². The number of imidazole rings is 1. The lowest BCUT2D eigenvalue weighted by molar-refractivity contribution is 0.0951. The molecule has 31 heavy (non-hydrogen) atoms. The van der Waals surface area contributed by atoms with Gasteiger partial charge < -0.3 is 9.88 Å². The number of sulfonamides is 1. The number of nitrogens with zero attached hydrogens (tertiary/aromatic N) is 3. The first-order chi connectivity index (χ1) is 14.9. The first-order valence-corrected chi connectivity index (χ1v) is 11.5. The third-order valence-corrected chi connectivity index (χ3v) is 7.36. The Kier molecular flexibility index (Phi) is 6.08. The number of rotatable bonds is 6. The lowest BCUT2D eigenvalue weighted by atomic mass is 10.1. The number of aromatic nitrogens is 2. The number of hydrogen-bond donors (Lipinski definition) is 1. The quantitative estimate of drug-likeness (QED) is 0.608. The topological polar surface area (TPSA) is 84.3 Å². The third kappa shape index (κ3) is 4.48. The Morgan fingerprint density at radius 2 is 1.94 bits per heavy atom. The van der Waals surface area contributed by atoms with Gasteiger partial charge in [0.2, 0.25) is 10.0 Å². The highest BCUT2D eigenvalue weighted by Crippen LogP contribution is 2.25. The first kappa shape index (κ1) is 21.5. The fraction of sp³-hybridized carbons (Fsp3) is 0.238. The number of hydrogen-bond acceptors (Lipinski definition) is 4. The van der Waals surface area contributed by atoms with Gasteiger partial charge in [0, 0.05) is 32.0 Å². The van der Waals surface area contributed by atoms with Gasteiger partial charge in [0.15, 0.2) is 0 Å². The van der Waals surface area contributed by atoms with Crippen LogP contribution in [0.25, 0.3) is 5.69 Å². The molecule has 0 radical (unpaired) electrons. The van der Waals surface area contributed by atoms with Crippen molar-refractivity contribution >= 4 is 27.5 Å². The molecule has 1 amide bonds. The summed E-state index contributed by atoms with van der Waals surface area (Å²) in [4.78, 5) is 16.6. The van der Waals surface area contributed by atoms with Gasteiger partial charge in [-0.15, -0.1) is 0 Å². The molecule has 1 saturated heterocycles. The van der Waals surface area contributed by atoms with E-state index in [1.807, 2.05) is 0 Å². The van der Waals surface area contributed by atoms with Crippen LogP contribution in [0, 0.1) is 5.82 Å². The van der Waals surface area contributed by atoms with E-state index in [4.69, 9.17) is 11.6 Å². The summed E-state index contributed by atoms with van der Waals surface area (Å²) < 4.78 is 42.9. The van der Waals surface area contributed by atoms with Gasteiger partial charge in [0.1, 0.15) is 5.82 Å². The molecule has 1 aromatic heterocycles. The molecule has 7 nitrogen and oxygen atoms in total. The molecule has 1 aliphatic heterocycles. The summed E-state index contributed by atoms with van der Waals surface area (Å²) in [6.07, 6.45) is 6.30. The Hall–Kier alpha value is -2.75. The summed E-state index contributed by atoms with van der Waals surface area (Å²) in [6.45, 7) is 0.986. The van der Waals surface area contributed by atoms with Crippen molar-refractivity contribution in [3.63, 3.8) is 0 Å². The lowest BCUT2D eigenvalue weighted by Crippen LogP contribution is -2.28. The minimum absolute atomic E-state index is 0.0275. The second-order valence-electron chi connectivity index (χ2n) is 7.19. The molecule has 1 N–H and O–H groups in total. The molecule has 0 saturated carbocycles. The van der Waals surface area contributed by atoms with Crippen LogP contribution in [-0.4, -0.2) is 41.3 Å². The third-order valence-electron chi connectivity index (χ3n) is 5.13. The van der Waals surface area contributed by atoms with Gasteiger partial charge in [-0.2, -0.15) is 4.31 Å². The predicted octanol–water partition coefficient (Wildman–Crippen LogP) is 3.38. The minimum Gasteiger partial charge on any atom is -0.348 e. The highest BCUT2D eigenvalue weighted by molar-refractivity contribution is 7.89. The lowest BCUT2D eigenvalue weighted by Gasteiger charge is -2.16. The summed E-state index contributed by atoms with van der Waals surface area (Å²) in [5, 5.41) is 2.81. The number of amides is 1. The van der Waals surface area contributed by atoms with Crippen LogP contribution >= 0.6 is 11.6 Å². The van der Waals surface area contributed by atoms with Crippen molar-refractivity contribution < 1.29 is 17.6 Å². The molecule has 0 aliphatic carbocycles. The average Bonchev–Trinajstić information content (AvgIpc) is 3.46. The van der Waals surface area contributed by atoms with Crippen molar-refractivity contribution in [3.05, 3.63) is 77.1 Å². The molecule has 0 spiro atoms. The highest BCUT2D eigenvalue weighted by Gasteiger charge is 2.28. The summed E-state index contributed by atoms with van der Waals surface area (Å²) in [5.74, 6) is -0.996. The Labute approximate surface area is 184 Å². The maximum atomic E-state index is 14.4. The molecule has 2 aromatic carbocycles. The van der Waals surface area contributed by atoms with Crippen LogP contribution in [0.5, 0.6) is 0 Å². The van der Waals surface area contributed by atoms with Gasteiger partial charge >= 0.3 is 0 Å². The van der Waals surface area contributed by atoms with E-state index in [-0.39, 0.29) is 22.0 Å². The van der Waals surface area contributed by atoms with E-state index in [0.717, 1.165) is 12.8 Å². The van der Waals surface area contributed by atoms with Crippen LogP contribution in [0.1, 0.15) is 28.8 Å². The molecule has 162 valence electrons. The SMILES string of the molecule is O=C(NCc1ccc(-n2ccnc2)c(F)c1)c1cc(S(=O)(=O)N2CCCC2)ccc1Cl. The smallest absolute Gasteiger partial charge is 0.253 e. The Morgan fingerprint density at radius 1 is 1.16 bits per heavy atom. The molecule has 1 aliphatic rings. The van der Waals surface area contributed by atoms with Crippen molar-refractivity contribution in [1.82, 2.24) is 19.2 Å². The van der Waals surface area contributed by atoms with E-state index in [9.17, 15) is 17.6 Å². The zero-order valence-electron chi connectivity index (χ0n) is 16.5. The second-order valence-corrected chi connectivity index (χ2v) is 9.54. The van der Waals surface area contributed by atoms with E-state index in [0.29, 0.717) is 24.3 Å². The number of halogens is 2. The normalized spacial score (nSPS) is 14.6.